The van der Waals surface area contributed by atoms with Gasteiger partial charge in [0.05, 0.1) is 7.11 Å². The van der Waals surface area contributed by atoms with E-state index in [0.717, 1.165) is 38.3 Å². The van der Waals surface area contributed by atoms with Gasteiger partial charge < -0.3 is 14.4 Å². The van der Waals surface area contributed by atoms with Crippen molar-refractivity contribution in [2.24, 2.45) is 5.92 Å². The lowest BCUT2D eigenvalue weighted by molar-refractivity contribution is 0.220. The molecule has 2 heterocycles. The van der Waals surface area contributed by atoms with Gasteiger partial charge in [-0.05, 0) is 49.6 Å². The molecule has 0 aliphatic carbocycles. The summed E-state index contributed by atoms with van der Waals surface area (Å²) < 4.78 is 7.66. The highest BCUT2D eigenvalue weighted by molar-refractivity contribution is 5.85. The first-order valence-corrected chi connectivity index (χ1v) is 7.74. The van der Waals surface area contributed by atoms with Crippen LogP contribution in [0.4, 0.5) is 0 Å². The van der Waals surface area contributed by atoms with E-state index in [1.807, 2.05) is 6.07 Å². The SMILES string of the molecule is CCn1cc(CN2CC[C@@H](CO)C2)c2cc(OC)ccc21. The third-order valence-corrected chi connectivity index (χ3v) is 4.53. The molecule has 1 aromatic heterocycles. The molecule has 1 aliphatic rings. The molecule has 3 rings (SSSR count). The molecule has 0 amide bonds. The van der Waals surface area contributed by atoms with Crippen molar-refractivity contribution in [2.45, 2.75) is 26.4 Å². The Morgan fingerprint density at radius 2 is 2.24 bits per heavy atom. The zero-order valence-electron chi connectivity index (χ0n) is 12.9. The first-order valence-electron chi connectivity index (χ1n) is 7.74. The Morgan fingerprint density at radius 1 is 1.38 bits per heavy atom. The molecule has 1 aromatic carbocycles. The lowest BCUT2D eigenvalue weighted by Crippen LogP contribution is -2.20. The predicted octanol–water partition coefficient (Wildman–Crippen LogP) is 2.48. The number of rotatable bonds is 5. The van der Waals surface area contributed by atoms with E-state index >= 15 is 0 Å². The average molecular weight is 288 g/mol. The minimum atomic E-state index is 0.307. The Hall–Kier alpha value is -1.52. The van der Waals surface area contributed by atoms with Gasteiger partial charge in [0.1, 0.15) is 5.75 Å². The highest BCUT2D eigenvalue weighted by Gasteiger charge is 2.22. The van der Waals surface area contributed by atoms with Crippen LogP contribution in [0.15, 0.2) is 24.4 Å². The van der Waals surface area contributed by atoms with Crippen LogP contribution in [0.2, 0.25) is 0 Å². The van der Waals surface area contributed by atoms with Gasteiger partial charge in [-0.1, -0.05) is 0 Å². The lowest BCUT2D eigenvalue weighted by atomic mass is 10.1. The molecule has 0 radical (unpaired) electrons. The fourth-order valence-corrected chi connectivity index (χ4v) is 3.31. The van der Waals surface area contributed by atoms with E-state index in [2.05, 4.69) is 34.7 Å². The number of aliphatic hydroxyl groups excluding tert-OH is 1. The summed E-state index contributed by atoms with van der Waals surface area (Å²) in [6, 6.07) is 6.30. The van der Waals surface area contributed by atoms with Gasteiger partial charge in [0.15, 0.2) is 0 Å². The zero-order valence-corrected chi connectivity index (χ0v) is 12.9. The molecule has 0 saturated carbocycles. The van der Waals surface area contributed by atoms with Crippen LogP contribution >= 0.6 is 0 Å². The normalized spacial score (nSPS) is 19.5. The van der Waals surface area contributed by atoms with Gasteiger partial charge in [-0.2, -0.15) is 0 Å². The van der Waals surface area contributed by atoms with Gasteiger partial charge in [-0.25, -0.2) is 0 Å². The molecular weight excluding hydrogens is 264 g/mol. The summed E-state index contributed by atoms with van der Waals surface area (Å²) in [7, 11) is 1.71. The van der Waals surface area contributed by atoms with Crippen LogP contribution < -0.4 is 4.74 Å². The van der Waals surface area contributed by atoms with E-state index < -0.39 is 0 Å². The summed E-state index contributed by atoms with van der Waals surface area (Å²) >= 11 is 0. The molecule has 114 valence electrons. The minimum absolute atomic E-state index is 0.307. The van der Waals surface area contributed by atoms with Crippen molar-refractivity contribution >= 4 is 10.9 Å². The van der Waals surface area contributed by atoms with E-state index in [9.17, 15) is 5.11 Å². The minimum Gasteiger partial charge on any atom is -0.497 e. The number of aromatic nitrogens is 1. The third-order valence-electron chi connectivity index (χ3n) is 4.53. The molecule has 4 heteroatoms. The Morgan fingerprint density at radius 3 is 2.90 bits per heavy atom. The van der Waals surface area contributed by atoms with Crippen LogP contribution in [0.5, 0.6) is 5.75 Å². The van der Waals surface area contributed by atoms with Gasteiger partial charge >= 0.3 is 0 Å². The van der Waals surface area contributed by atoms with Crippen molar-refractivity contribution in [3.63, 3.8) is 0 Å². The van der Waals surface area contributed by atoms with Crippen molar-refractivity contribution in [2.75, 3.05) is 26.8 Å². The molecule has 4 nitrogen and oxygen atoms in total. The molecule has 0 spiro atoms. The quantitative estimate of drug-likeness (QED) is 0.918. The number of methoxy groups -OCH3 is 1. The molecule has 1 saturated heterocycles. The maximum Gasteiger partial charge on any atom is 0.119 e. The lowest BCUT2D eigenvalue weighted by Gasteiger charge is -2.15. The van der Waals surface area contributed by atoms with Gasteiger partial charge in [-0.15, -0.1) is 0 Å². The number of aliphatic hydroxyl groups is 1. The summed E-state index contributed by atoms with van der Waals surface area (Å²) in [5, 5.41) is 10.6. The van der Waals surface area contributed by atoms with Crippen LogP contribution in [-0.2, 0) is 13.1 Å². The van der Waals surface area contributed by atoms with Crippen LogP contribution in [0.25, 0.3) is 10.9 Å². The van der Waals surface area contributed by atoms with Crippen molar-refractivity contribution in [1.29, 1.82) is 0 Å². The second kappa shape index (κ2) is 6.08. The van der Waals surface area contributed by atoms with Crippen LogP contribution in [0.3, 0.4) is 0 Å². The van der Waals surface area contributed by atoms with Crippen molar-refractivity contribution in [3.05, 3.63) is 30.0 Å². The summed E-state index contributed by atoms with van der Waals surface area (Å²) in [6.07, 6.45) is 3.36. The highest BCUT2D eigenvalue weighted by atomic mass is 16.5. The highest BCUT2D eigenvalue weighted by Crippen LogP contribution is 2.28. The Kier molecular flexibility index (Phi) is 4.17. The fourth-order valence-electron chi connectivity index (χ4n) is 3.31. The molecule has 2 aromatic rings. The maximum atomic E-state index is 9.28. The Bertz CT molecular complexity index is 621. The van der Waals surface area contributed by atoms with Crippen molar-refractivity contribution < 1.29 is 9.84 Å². The van der Waals surface area contributed by atoms with Gasteiger partial charge in [0.2, 0.25) is 0 Å². The number of hydrogen-bond donors (Lipinski definition) is 1. The van der Waals surface area contributed by atoms with E-state index in [1.54, 1.807) is 7.11 Å². The van der Waals surface area contributed by atoms with Gasteiger partial charge in [0, 0.05) is 43.3 Å². The maximum absolute atomic E-state index is 9.28. The number of aryl methyl sites for hydroxylation is 1. The third kappa shape index (κ3) is 2.78. The number of ether oxygens (including phenoxy) is 1. The molecule has 1 N–H and O–H groups in total. The standard InChI is InChI=1S/C17H24N2O2/c1-3-19-11-14(10-18-7-6-13(9-18)12-20)16-8-15(21-2)4-5-17(16)19/h4-5,8,11,13,20H,3,6-7,9-10,12H2,1-2H3/t13-/m1/s1. The smallest absolute Gasteiger partial charge is 0.119 e. The van der Waals surface area contributed by atoms with Crippen molar-refractivity contribution in [1.82, 2.24) is 9.47 Å². The van der Waals surface area contributed by atoms with Crippen LogP contribution in [0.1, 0.15) is 18.9 Å². The predicted molar refractivity (Wildman–Crippen MR) is 84.6 cm³/mol. The number of hydrogen-bond acceptors (Lipinski definition) is 3. The average Bonchev–Trinajstić information content (AvgIpc) is 3.11. The number of benzene rings is 1. The van der Waals surface area contributed by atoms with E-state index in [-0.39, 0.29) is 0 Å². The molecular formula is C17H24N2O2. The van der Waals surface area contributed by atoms with Gasteiger partial charge in [0.25, 0.3) is 0 Å². The monoisotopic (exact) mass is 288 g/mol. The van der Waals surface area contributed by atoms with Crippen LogP contribution in [-0.4, -0.2) is 41.4 Å². The summed E-state index contributed by atoms with van der Waals surface area (Å²) in [5.41, 5.74) is 2.62. The number of nitrogens with zero attached hydrogens (tertiary/aromatic N) is 2. The molecule has 21 heavy (non-hydrogen) atoms. The van der Waals surface area contributed by atoms with E-state index in [4.69, 9.17) is 4.74 Å². The van der Waals surface area contributed by atoms with Crippen molar-refractivity contribution in [3.8, 4) is 5.75 Å². The number of fused-ring (bicyclic) bond motifs is 1. The number of likely N-dealkylation sites (tertiary alicyclic amines) is 1. The summed E-state index contributed by atoms with van der Waals surface area (Å²) in [5.74, 6) is 1.35. The fraction of sp³-hybridized carbons (Fsp3) is 0.529. The Balaban J connectivity index is 1.90. The zero-order chi connectivity index (χ0) is 14.8. The second-order valence-corrected chi connectivity index (χ2v) is 5.90. The molecule has 1 aliphatic heterocycles. The molecule has 1 atom stereocenters. The first kappa shape index (κ1) is 14.4. The Labute approximate surface area is 125 Å². The molecule has 0 unspecified atom stereocenters. The van der Waals surface area contributed by atoms with Crippen LogP contribution in [0, 0.1) is 5.92 Å². The molecule has 1 fully saturated rings. The van der Waals surface area contributed by atoms with Gasteiger partial charge in [-0.3, -0.25) is 4.90 Å². The molecule has 0 bridgehead atoms. The van der Waals surface area contributed by atoms with E-state index in [0.29, 0.717) is 12.5 Å². The first-order chi connectivity index (χ1) is 10.2. The topological polar surface area (TPSA) is 37.6 Å². The second-order valence-electron chi connectivity index (χ2n) is 5.90. The van der Waals surface area contributed by atoms with E-state index in [1.165, 1.54) is 16.5 Å². The largest absolute Gasteiger partial charge is 0.497 e. The summed E-state index contributed by atoms with van der Waals surface area (Å²) in [4.78, 5) is 2.44. The summed E-state index contributed by atoms with van der Waals surface area (Å²) in [6.45, 7) is 6.48.